The molecule has 5 heteroatoms. The van der Waals surface area contributed by atoms with Crippen LogP contribution in [0.4, 0.5) is 10.1 Å². The molecule has 72 valence electrons. The molecule has 0 saturated heterocycles. The molecule has 4 nitrogen and oxygen atoms in total. The summed E-state index contributed by atoms with van der Waals surface area (Å²) in [5.74, 6) is -1.60. The van der Waals surface area contributed by atoms with E-state index in [2.05, 4.69) is 0 Å². The second-order valence-corrected chi connectivity index (χ2v) is 2.79. The van der Waals surface area contributed by atoms with Gasteiger partial charge in [0.15, 0.2) is 0 Å². The Bertz CT molecular complexity index is 412. The van der Waals surface area contributed by atoms with Crippen LogP contribution in [0.5, 0.6) is 0 Å². The Morgan fingerprint density at radius 3 is 2.79 bits per heavy atom. The van der Waals surface area contributed by atoms with E-state index in [1.165, 1.54) is 19.1 Å². The van der Waals surface area contributed by atoms with Crippen LogP contribution in [0.15, 0.2) is 18.2 Å². The third-order valence-corrected chi connectivity index (χ3v) is 1.86. The number of nitro benzene ring substituents is 1. The molecule has 0 aromatic heterocycles. The molecule has 1 aromatic rings. The van der Waals surface area contributed by atoms with Crippen molar-refractivity contribution in [2.75, 3.05) is 0 Å². The fourth-order valence-corrected chi connectivity index (χ4v) is 1.14. The molecule has 0 radical (unpaired) electrons. The van der Waals surface area contributed by atoms with Gasteiger partial charge in [0.2, 0.25) is 5.82 Å². The van der Waals surface area contributed by atoms with Crippen molar-refractivity contribution < 1.29 is 9.31 Å². The molecule has 0 amide bonds. The minimum Gasteiger partial charge on any atom is -0.258 e. The maximum Gasteiger partial charge on any atom is 0.309 e. The van der Waals surface area contributed by atoms with Crippen LogP contribution in [-0.2, 0) is 0 Å². The Kier molecular flexibility index (Phi) is 2.77. The lowest BCUT2D eigenvalue weighted by Gasteiger charge is -2.03. The molecule has 0 bridgehead atoms. The van der Waals surface area contributed by atoms with Crippen molar-refractivity contribution in [1.29, 1.82) is 5.26 Å². The van der Waals surface area contributed by atoms with E-state index in [1.54, 1.807) is 0 Å². The van der Waals surface area contributed by atoms with Crippen molar-refractivity contribution in [1.82, 2.24) is 0 Å². The van der Waals surface area contributed by atoms with Crippen molar-refractivity contribution >= 4 is 5.69 Å². The van der Waals surface area contributed by atoms with E-state index in [9.17, 15) is 14.5 Å². The lowest BCUT2D eigenvalue weighted by atomic mass is 10.0. The number of nitro groups is 1. The molecule has 1 rings (SSSR count). The maximum atomic E-state index is 13.0. The summed E-state index contributed by atoms with van der Waals surface area (Å²) in [6, 6.07) is 5.57. The average Bonchev–Trinajstić information content (AvgIpc) is 2.15. The summed E-state index contributed by atoms with van der Waals surface area (Å²) in [6.45, 7) is 1.49. The third-order valence-electron chi connectivity index (χ3n) is 1.86. The van der Waals surface area contributed by atoms with Gasteiger partial charge in [-0.15, -0.1) is 0 Å². The van der Waals surface area contributed by atoms with E-state index < -0.39 is 22.3 Å². The SMILES string of the molecule is CC(C#N)c1cccc(F)c1[N+](=O)[O-]. The summed E-state index contributed by atoms with van der Waals surface area (Å²) in [4.78, 5) is 9.71. The highest BCUT2D eigenvalue weighted by Crippen LogP contribution is 2.28. The zero-order valence-electron chi connectivity index (χ0n) is 7.40. The molecule has 0 heterocycles. The topological polar surface area (TPSA) is 66.9 Å². The van der Waals surface area contributed by atoms with Gasteiger partial charge in [-0.05, 0) is 13.0 Å². The second-order valence-electron chi connectivity index (χ2n) is 2.79. The van der Waals surface area contributed by atoms with E-state index in [1.807, 2.05) is 6.07 Å². The lowest BCUT2D eigenvalue weighted by Crippen LogP contribution is -2.00. The Balaban J connectivity index is 3.37. The molecule has 0 saturated carbocycles. The van der Waals surface area contributed by atoms with Crippen molar-refractivity contribution in [2.24, 2.45) is 0 Å². The highest BCUT2D eigenvalue weighted by molar-refractivity contribution is 5.45. The van der Waals surface area contributed by atoms with Crippen molar-refractivity contribution in [3.8, 4) is 6.07 Å². The van der Waals surface area contributed by atoms with E-state index >= 15 is 0 Å². The summed E-state index contributed by atoms with van der Waals surface area (Å²) in [5, 5.41) is 19.1. The van der Waals surface area contributed by atoms with Gasteiger partial charge in [0.25, 0.3) is 0 Å². The van der Waals surface area contributed by atoms with Gasteiger partial charge >= 0.3 is 5.69 Å². The fraction of sp³-hybridized carbons (Fsp3) is 0.222. The molecular formula is C9H7FN2O2. The van der Waals surface area contributed by atoms with Crippen molar-refractivity contribution in [3.05, 3.63) is 39.7 Å². The first-order valence-corrected chi connectivity index (χ1v) is 3.90. The minimum absolute atomic E-state index is 0.109. The molecule has 1 atom stereocenters. The first-order valence-electron chi connectivity index (χ1n) is 3.90. The number of halogens is 1. The highest BCUT2D eigenvalue weighted by Gasteiger charge is 2.23. The van der Waals surface area contributed by atoms with Gasteiger partial charge in [0.05, 0.1) is 16.9 Å². The molecule has 0 aliphatic carbocycles. The van der Waals surface area contributed by atoms with Crippen LogP contribution in [0.2, 0.25) is 0 Å². The normalized spacial score (nSPS) is 11.8. The largest absolute Gasteiger partial charge is 0.309 e. The molecule has 0 aliphatic heterocycles. The second kappa shape index (κ2) is 3.83. The van der Waals surface area contributed by atoms with E-state index in [4.69, 9.17) is 5.26 Å². The standard InChI is InChI=1S/C9H7FN2O2/c1-6(5-11)7-3-2-4-8(10)9(7)12(13)14/h2-4,6H,1H3. The third kappa shape index (κ3) is 1.69. The predicted octanol–water partition coefficient (Wildman–Crippen LogP) is 2.36. The Morgan fingerprint density at radius 2 is 2.29 bits per heavy atom. The lowest BCUT2D eigenvalue weighted by molar-refractivity contribution is -0.388. The number of nitrogens with zero attached hydrogens (tertiary/aromatic N) is 2. The Labute approximate surface area is 79.7 Å². The zero-order valence-corrected chi connectivity index (χ0v) is 7.40. The molecule has 0 fully saturated rings. The van der Waals surface area contributed by atoms with Crippen LogP contribution in [0.1, 0.15) is 18.4 Å². The number of hydrogen-bond donors (Lipinski definition) is 0. The molecule has 0 N–H and O–H groups in total. The zero-order chi connectivity index (χ0) is 10.7. The number of para-hydroxylation sites is 1. The van der Waals surface area contributed by atoms with E-state index in [-0.39, 0.29) is 5.56 Å². The van der Waals surface area contributed by atoms with Gasteiger partial charge < -0.3 is 0 Å². The van der Waals surface area contributed by atoms with Gasteiger partial charge in [-0.1, -0.05) is 12.1 Å². The number of nitriles is 1. The smallest absolute Gasteiger partial charge is 0.258 e. The Morgan fingerprint density at radius 1 is 1.64 bits per heavy atom. The molecule has 1 unspecified atom stereocenters. The van der Waals surface area contributed by atoms with Crippen LogP contribution in [0, 0.1) is 27.3 Å². The van der Waals surface area contributed by atoms with E-state index in [0.29, 0.717) is 0 Å². The molecule has 1 aromatic carbocycles. The number of hydrogen-bond acceptors (Lipinski definition) is 3. The first kappa shape index (κ1) is 10.1. The van der Waals surface area contributed by atoms with Gasteiger partial charge in [0.1, 0.15) is 0 Å². The average molecular weight is 194 g/mol. The summed E-state index contributed by atoms with van der Waals surface area (Å²) in [7, 11) is 0. The van der Waals surface area contributed by atoms with Crippen molar-refractivity contribution in [2.45, 2.75) is 12.8 Å². The van der Waals surface area contributed by atoms with Crippen LogP contribution in [-0.4, -0.2) is 4.92 Å². The number of benzene rings is 1. The molecular weight excluding hydrogens is 187 g/mol. The Hall–Kier alpha value is -1.96. The summed E-state index contributed by atoms with van der Waals surface area (Å²) in [5.41, 5.74) is -0.501. The van der Waals surface area contributed by atoms with Crippen LogP contribution in [0.3, 0.4) is 0 Å². The van der Waals surface area contributed by atoms with Gasteiger partial charge in [-0.25, -0.2) is 0 Å². The first-order chi connectivity index (χ1) is 6.57. The highest BCUT2D eigenvalue weighted by atomic mass is 19.1. The summed E-state index contributed by atoms with van der Waals surface area (Å²) in [6.07, 6.45) is 0. The minimum atomic E-state index is -0.908. The van der Waals surface area contributed by atoms with Gasteiger partial charge in [-0.2, -0.15) is 9.65 Å². The van der Waals surface area contributed by atoms with E-state index in [0.717, 1.165) is 6.07 Å². The number of rotatable bonds is 2. The van der Waals surface area contributed by atoms with Gasteiger partial charge in [0, 0.05) is 5.56 Å². The predicted molar refractivity (Wildman–Crippen MR) is 47.1 cm³/mol. The summed E-state index contributed by atoms with van der Waals surface area (Å²) >= 11 is 0. The van der Waals surface area contributed by atoms with Crippen LogP contribution >= 0.6 is 0 Å². The molecule has 14 heavy (non-hydrogen) atoms. The summed E-state index contributed by atoms with van der Waals surface area (Å²) < 4.78 is 13.0. The van der Waals surface area contributed by atoms with Crippen molar-refractivity contribution in [3.63, 3.8) is 0 Å². The van der Waals surface area contributed by atoms with Gasteiger partial charge in [-0.3, -0.25) is 10.1 Å². The monoisotopic (exact) mass is 194 g/mol. The van der Waals surface area contributed by atoms with Crippen LogP contribution < -0.4 is 0 Å². The quantitative estimate of drug-likeness (QED) is 0.536. The molecule has 0 aliphatic rings. The fourth-order valence-electron chi connectivity index (χ4n) is 1.14. The van der Waals surface area contributed by atoms with Crippen LogP contribution in [0.25, 0.3) is 0 Å². The molecule has 0 spiro atoms. The maximum absolute atomic E-state index is 13.0.